The van der Waals surface area contributed by atoms with Crippen LogP contribution in [-0.2, 0) is 9.53 Å². The highest BCUT2D eigenvalue weighted by Gasteiger charge is 2.22. The molecule has 0 aliphatic rings. The summed E-state index contributed by atoms with van der Waals surface area (Å²) in [5.74, 6) is -0.520. The Morgan fingerprint density at radius 3 is 2.54 bits per heavy atom. The fraction of sp³-hybridized carbons (Fsp3) is 0.222. The van der Waals surface area contributed by atoms with Gasteiger partial charge in [-0.1, -0.05) is 30.3 Å². The highest BCUT2D eigenvalue weighted by molar-refractivity contribution is 5.75. The lowest BCUT2D eigenvalue weighted by Gasteiger charge is -2.06. The molecule has 68 valence electrons. The van der Waals surface area contributed by atoms with Gasteiger partial charge in [0.2, 0.25) is 0 Å². The molecule has 1 atom stereocenters. The van der Waals surface area contributed by atoms with E-state index in [-0.39, 0.29) is 0 Å². The van der Waals surface area contributed by atoms with E-state index in [1.165, 1.54) is 7.11 Å². The summed E-state index contributed by atoms with van der Waals surface area (Å²) in [6, 6.07) is 8.03. The highest BCUT2D eigenvalue weighted by atomic mass is 16.5. The van der Waals surface area contributed by atoms with Crippen LogP contribution < -0.4 is 5.11 Å². The second-order valence-corrected chi connectivity index (χ2v) is 2.50. The van der Waals surface area contributed by atoms with Gasteiger partial charge >= 0.3 is 5.97 Å². The van der Waals surface area contributed by atoms with E-state index < -0.39 is 12.0 Å². The number of methoxy groups -OCH3 is 1. The second kappa shape index (κ2) is 4.35. The molecule has 13 heavy (non-hydrogen) atoms. The number of hydrogen-bond donors (Lipinski definition) is 1. The van der Waals surface area contributed by atoms with E-state index in [2.05, 4.69) is 4.74 Å². The van der Waals surface area contributed by atoms with E-state index in [4.69, 9.17) is 5.53 Å². The zero-order valence-corrected chi connectivity index (χ0v) is 7.23. The van der Waals surface area contributed by atoms with E-state index in [1.807, 2.05) is 11.2 Å². The van der Waals surface area contributed by atoms with Crippen LogP contribution in [0.1, 0.15) is 11.6 Å². The van der Waals surface area contributed by atoms with Gasteiger partial charge in [0.1, 0.15) is 0 Å². The maximum absolute atomic E-state index is 11.1. The molecule has 1 aromatic rings. The molecule has 0 heterocycles. The third kappa shape index (κ3) is 2.11. The fourth-order valence-corrected chi connectivity index (χ4v) is 1.03. The van der Waals surface area contributed by atoms with Crippen LogP contribution in [0.4, 0.5) is 0 Å². The van der Waals surface area contributed by atoms with Crippen molar-refractivity contribution in [1.82, 2.24) is 0 Å². The van der Waals surface area contributed by atoms with Gasteiger partial charge in [-0.25, -0.2) is 4.79 Å². The van der Waals surface area contributed by atoms with Crippen LogP contribution in [0.5, 0.6) is 0 Å². The predicted octanol–water partition coefficient (Wildman–Crippen LogP) is 0.00290. The van der Waals surface area contributed by atoms with Gasteiger partial charge in [-0.05, 0) is 0 Å². The van der Waals surface area contributed by atoms with Crippen LogP contribution in [0.3, 0.4) is 0 Å². The first-order valence-corrected chi connectivity index (χ1v) is 3.82. The molecule has 0 amide bonds. The molecule has 4 heteroatoms. The minimum atomic E-state index is -0.814. The number of ether oxygens (including phenoxy) is 1. The normalized spacial score (nSPS) is 11.8. The van der Waals surface area contributed by atoms with Crippen molar-refractivity contribution in [2.45, 2.75) is 6.04 Å². The first kappa shape index (κ1) is 9.38. The maximum Gasteiger partial charge on any atom is 0.379 e. The number of rotatable bonds is 3. The lowest BCUT2D eigenvalue weighted by Crippen LogP contribution is -2.68. The molecule has 1 rings (SSSR count). The molecule has 4 nitrogen and oxygen atoms in total. The molecule has 0 aliphatic heterocycles. The van der Waals surface area contributed by atoms with Gasteiger partial charge < -0.3 is 15.4 Å². The summed E-state index contributed by atoms with van der Waals surface area (Å²) in [7, 11) is 1.27. The summed E-state index contributed by atoms with van der Waals surface area (Å²) in [6.07, 6.45) is 0. The third-order valence-corrected chi connectivity index (χ3v) is 1.70. The molecule has 0 aliphatic carbocycles. The van der Waals surface area contributed by atoms with Crippen molar-refractivity contribution in [3.8, 4) is 0 Å². The molecule has 0 unspecified atom stereocenters. The summed E-state index contributed by atoms with van der Waals surface area (Å²) in [4.78, 5) is 11.1. The smallest absolute Gasteiger partial charge is 0.379 e. The Kier molecular flexibility index (Phi) is 3.14. The Balaban J connectivity index is 2.91. The average molecular weight is 178 g/mol. The lowest BCUT2D eigenvalue weighted by molar-refractivity contribution is -0.519. The zero-order chi connectivity index (χ0) is 9.68. The number of hydrogen-bond acceptors (Lipinski definition) is 2. The van der Waals surface area contributed by atoms with Crippen LogP contribution in [-0.4, -0.2) is 13.1 Å². The maximum atomic E-state index is 11.1. The quantitative estimate of drug-likeness (QED) is 0.523. The zero-order valence-electron chi connectivity index (χ0n) is 7.23. The first-order chi connectivity index (χ1) is 6.29. The Labute approximate surface area is 76.0 Å². The summed E-state index contributed by atoms with van der Waals surface area (Å²) >= 11 is 0. The van der Waals surface area contributed by atoms with Gasteiger partial charge in [-0.2, -0.15) is 0 Å². The minimum absolute atomic E-state index is 0.520. The van der Waals surface area contributed by atoms with Crippen molar-refractivity contribution in [1.29, 1.82) is 0 Å². The summed E-state index contributed by atoms with van der Waals surface area (Å²) in [6.45, 7) is 0. The molecule has 0 spiro atoms. The Morgan fingerprint density at radius 1 is 1.46 bits per heavy atom. The Morgan fingerprint density at radius 2 is 2.08 bits per heavy atom. The number of nitrogens with zero attached hydrogens (tertiary/aromatic N) is 1. The van der Waals surface area contributed by atoms with Crippen LogP contribution in [0.25, 0.3) is 5.53 Å². The molecule has 0 bridgehead atoms. The number of benzene rings is 1. The molecular weight excluding hydrogens is 168 g/mol. The molecule has 0 saturated heterocycles. The van der Waals surface area contributed by atoms with Crippen LogP contribution >= 0.6 is 0 Å². The summed E-state index contributed by atoms with van der Waals surface area (Å²) < 4.78 is 4.50. The van der Waals surface area contributed by atoms with Crippen molar-refractivity contribution >= 4 is 5.97 Å². The van der Waals surface area contributed by atoms with Crippen LogP contribution in [0, 0.1) is 0 Å². The minimum Gasteiger partial charge on any atom is -0.508 e. The number of esters is 1. The van der Waals surface area contributed by atoms with Crippen molar-refractivity contribution in [3.05, 3.63) is 41.4 Å². The van der Waals surface area contributed by atoms with Gasteiger partial charge in [0.15, 0.2) is 0 Å². The number of carbonyl (C=O) groups is 1. The molecule has 0 saturated carbocycles. The second-order valence-electron chi connectivity index (χ2n) is 2.50. The van der Waals surface area contributed by atoms with E-state index >= 15 is 0 Å². The molecule has 1 N–H and O–H groups in total. The number of carbonyl (C=O) groups excluding carboxylic acids is 1. The first-order valence-electron chi connectivity index (χ1n) is 3.82. The van der Waals surface area contributed by atoms with Gasteiger partial charge in [-0.15, -0.1) is 0 Å². The van der Waals surface area contributed by atoms with E-state index in [9.17, 15) is 4.79 Å². The van der Waals surface area contributed by atoms with E-state index in [1.54, 1.807) is 24.3 Å². The van der Waals surface area contributed by atoms with Crippen LogP contribution in [0.2, 0.25) is 0 Å². The van der Waals surface area contributed by atoms with E-state index in [0.29, 0.717) is 5.56 Å². The standard InChI is InChI=1S/C9H10N2O2/c1-13-9(12)8(11-10)7-5-3-2-4-6-7/h2-6,8,11H,1H3/t8-/m0/s1. The molecule has 0 fully saturated rings. The SMILES string of the molecule is COC(=O)[C@@H]([NH+]=[N-])c1ccccc1. The summed E-state index contributed by atoms with van der Waals surface area (Å²) in [5, 5.41) is 1.89. The van der Waals surface area contributed by atoms with E-state index in [0.717, 1.165) is 0 Å². The Hall–Kier alpha value is -1.71. The monoisotopic (exact) mass is 178 g/mol. The molecule has 1 aromatic carbocycles. The third-order valence-electron chi connectivity index (χ3n) is 1.70. The highest BCUT2D eigenvalue weighted by Crippen LogP contribution is 2.08. The lowest BCUT2D eigenvalue weighted by atomic mass is 10.1. The molecule has 0 radical (unpaired) electrons. The summed E-state index contributed by atoms with van der Waals surface area (Å²) in [5.41, 5.74) is 9.39. The van der Waals surface area contributed by atoms with Crippen molar-refractivity contribution in [3.63, 3.8) is 0 Å². The van der Waals surface area contributed by atoms with Gasteiger partial charge in [0.25, 0.3) is 6.04 Å². The van der Waals surface area contributed by atoms with Crippen molar-refractivity contribution in [2.75, 3.05) is 7.11 Å². The largest absolute Gasteiger partial charge is 0.508 e. The van der Waals surface area contributed by atoms with Gasteiger partial charge in [-0.3, -0.25) is 0 Å². The van der Waals surface area contributed by atoms with Crippen molar-refractivity contribution in [2.24, 2.45) is 0 Å². The van der Waals surface area contributed by atoms with Gasteiger partial charge in [0, 0.05) is 5.56 Å². The molecular formula is C9H10N2O2. The number of nitrogens with one attached hydrogen (secondary N) is 1. The van der Waals surface area contributed by atoms with Gasteiger partial charge in [0.05, 0.1) is 7.11 Å². The fourth-order valence-electron chi connectivity index (χ4n) is 1.03. The van der Waals surface area contributed by atoms with Crippen LogP contribution in [0.15, 0.2) is 30.3 Å². The predicted molar refractivity (Wildman–Crippen MR) is 45.5 cm³/mol. The topological polar surface area (TPSA) is 62.6 Å². The average Bonchev–Trinajstić information content (AvgIpc) is 2.20. The molecule has 0 aromatic heterocycles. The Bertz CT molecular complexity index is 298. The van der Waals surface area contributed by atoms with Crippen molar-refractivity contribution < 1.29 is 14.6 Å².